The lowest BCUT2D eigenvalue weighted by Gasteiger charge is -2.17. The first-order chi connectivity index (χ1) is 15.4. The van der Waals surface area contributed by atoms with Gasteiger partial charge in [0.2, 0.25) is 5.78 Å². The zero-order chi connectivity index (χ0) is 23.0. The molecule has 4 aromatic rings. The Balaban J connectivity index is 2.00. The van der Waals surface area contributed by atoms with Crippen molar-refractivity contribution in [1.29, 1.82) is 0 Å². The topological polar surface area (TPSA) is 89.0 Å². The lowest BCUT2D eigenvalue weighted by atomic mass is 9.95. The lowest BCUT2D eigenvalue weighted by Crippen LogP contribution is -2.12. The van der Waals surface area contributed by atoms with Crippen LogP contribution in [0, 0.1) is 0 Å². The van der Waals surface area contributed by atoms with E-state index in [4.69, 9.17) is 9.47 Å². The van der Waals surface area contributed by atoms with Gasteiger partial charge in [0.05, 0.1) is 19.8 Å². The molecule has 0 radical (unpaired) electrons. The highest BCUT2D eigenvalue weighted by Crippen LogP contribution is 2.36. The van der Waals surface area contributed by atoms with Gasteiger partial charge in [-0.05, 0) is 29.7 Å². The fraction of sp³-hybridized carbons (Fsp3) is 0.160. The van der Waals surface area contributed by atoms with Crippen molar-refractivity contribution in [2.75, 3.05) is 33.2 Å². The quantitative estimate of drug-likeness (QED) is 0.454. The smallest absolute Gasteiger partial charge is 0.337 e. The Morgan fingerprint density at radius 1 is 0.844 bits per heavy atom. The fourth-order valence-electron chi connectivity index (χ4n) is 3.92. The zero-order valence-corrected chi connectivity index (χ0v) is 18.2. The summed E-state index contributed by atoms with van der Waals surface area (Å²) >= 11 is 0. The first-order valence-corrected chi connectivity index (χ1v) is 9.89. The number of anilines is 1. The lowest BCUT2D eigenvalue weighted by molar-refractivity contribution is 0.0698. The molecule has 0 aliphatic carbocycles. The number of ether oxygens (including phenoxy) is 2. The normalized spacial score (nSPS) is 10.9. The summed E-state index contributed by atoms with van der Waals surface area (Å²) < 4.78 is 10.7. The van der Waals surface area contributed by atoms with E-state index in [2.05, 4.69) is 4.98 Å². The number of methoxy groups -OCH3 is 2. The molecule has 3 aromatic carbocycles. The second-order valence-electron chi connectivity index (χ2n) is 7.48. The molecule has 7 heteroatoms. The molecule has 0 saturated heterocycles. The molecule has 4 rings (SSSR count). The van der Waals surface area contributed by atoms with Gasteiger partial charge in [-0.15, -0.1) is 0 Å². The Bertz CT molecular complexity index is 1380. The van der Waals surface area contributed by atoms with E-state index in [0.29, 0.717) is 27.8 Å². The maximum Gasteiger partial charge on any atom is 0.337 e. The number of carboxylic acid groups (broad SMARTS) is 1. The predicted octanol–water partition coefficient (Wildman–Crippen LogP) is 4.40. The molecule has 1 N–H and O–H groups in total. The Hall–Kier alpha value is -4.13. The SMILES string of the molecule is COc1cc2c(C(=O)O)cnc(C(=O)c3ccc(N(C)C)c4ccccc34)c2cc1OC. The Kier molecular flexibility index (Phi) is 5.40. The van der Waals surface area contributed by atoms with E-state index in [0.717, 1.165) is 16.5 Å². The third-order valence-electron chi connectivity index (χ3n) is 5.46. The Morgan fingerprint density at radius 2 is 1.47 bits per heavy atom. The number of carboxylic acids is 1. The zero-order valence-electron chi connectivity index (χ0n) is 18.2. The van der Waals surface area contributed by atoms with Crippen molar-refractivity contribution >= 4 is 39.0 Å². The van der Waals surface area contributed by atoms with Crippen LogP contribution in [0.2, 0.25) is 0 Å². The molecule has 0 aliphatic rings. The molecule has 1 aromatic heterocycles. The van der Waals surface area contributed by atoms with Crippen LogP contribution in [0.3, 0.4) is 0 Å². The van der Waals surface area contributed by atoms with Gasteiger partial charge in [0, 0.05) is 47.7 Å². The molecule has 0 saturated carbocycles. The minimum absolute atomic E-state index is 0.0229. The number of rotatable bonds is 6. The first-order valence-electron chi connectivity index (χ1n) is 9.89. The molecule has 0 bridgehead atoms. The van der Waals surface area contributed by atoms with Crippen LogP contribution in [0.4, 0.5) is 5.69 Å². The summed E-state index contributed by atoms with van der Waals surface area (Å²) in [6, 6.07) is 14.5. The molecule has 0 atom stereocenters. The van der Waals surface area contributed by atoms with Gasteiger partial charge in [-0.3, -0.25) is 9.78 Å². The number of fused-ring (bicyclic) bond motifs is 2. The molecule has 32 heavy (non-hydrogen) atoms. The van der Waals surface area contributed by atoms with E-state index in [-0.39, 0.29) is 17.0 Å². The number of nitrogens with zero attached hydrogens (tertiary/aromatic N) is 2. The Morgan fingerprint density at radius 3 is 2.06 bits per heavy atom. The molecule has 0 fully saturated rings. The van der Waals surface area contributed by atoms with E-state index in [1.54, 1.807) is 18.2 Å². The number of carbonyl (C=O) groups excluding carboxylic acids is 1. The van der Waals surface area contributed by atoms with E-state index in [9.17, 15) is 14.7 Å². The minimum Gasteiger partial charge on any atom is -0.493 e. The van der Waals surface area contributed by atoms with Gasteiger partial charge in [-0.25, -0.2) is 4.79 Å². The number of ketones is 1. The van der Waals surface area contributed by atoms with Crippen molar-refractivity contribution in [1.82, 2.24) is 4.98 Å². The number of carbonyl (C=O) groups is 2. The summed E-state index contributed by atoms with van der Waals surface area (Å²) in [5, 5.41) is 12.1. The average Bonchev–Trinajstić information content (AvgIpc) is 2.80. The standard InChI is InChI=1S/C25H22N2O5/c1-27(2)20-10-9-16(14-7-5-6-8-15(14)20)24(28)23-18-12-22(32-4)21(31-3)11-17(18)19(13-26-23)25(29)30/h5-13H,1-4H3,(H,29,30). The van der Waals surface area contributed by atoms with Gasteiger partial charge in [-0.2, -0.15) is 0 Å². The number of benzene rings is 3. The molecule has 0 unspecified atom stereocenters. The van der Waals surface area contributed by atoms with Gasteiger partial charge in [0.15, 0.2) is 11.5 Å². The van der Waals surface area contributed by atoms with Crippen molar-refractivity contribution in [3.05, 3.63) is 71.5 Å². The summed E-state index contributed by atoms with van der Waals surface area (Å²) in [7, 11) is 6.84. The molecule has 162 valence electrons. The van der Waals surface area contributed by atoms with Gasteiger partial charge in [-0.1, -0.05) is 24.3 Å². The monoisotopic (exact) mass is 430 g/mol. The van der Waals surface area contributed by atoms with Crippen LogP contribution in [0.25, 0.3) is 21.5 Å². The number of hydrogen-bond acceptors (Lipinski definition) is 6. The summed E-state index contributed by atoms with van der Waals surface area (Å²) in [6.45, 7) is 0. The molecule has 0 amide bonds. The van der Waals surface area contributed by atoms with Crippen LogP contribution >= 0.6 is 0 Å². The Labute approximate surface area is 184 Å². The van der Waals surface area contributed by atoms with E-state index in [1.807, 2.05) is 49.3 Å². The highest BCUT2D eigenvalue weighted by molar-refractivity contribution is 6.22. The summed E-state index contributed by atoms with van der Waals surface area (Å²) in [5.41, 5.74) is 1.60. The van der Waals surface area contributed by atoms with E-state index < -0.39 is 5.97 Å². The first kappa shape index (κ1) is 21.1. The van der Waals surface area contributed by atoms with E-state index in [1.165, 1.54) is 20.4 Å². The van der Waals surface area contributed by atoms with Crippen LogP contribution in [-0.2, 0) is 0 Å². The molecule has 0 aliphatic heterocycles. The summed E-state index contributed by atoms with van der Waals surface area (Å²) in [4.78, 5) is 31.7. The van der Waals surface area contributed by atoms with Crippen molar-refractivity contribution in [2.45, 2.75) is 0 Å². The van der Waals surface area contributed by atoms with Gasteiger partial charge < -0.3 is 19.5 Å². The second kappa shape index (κ2) is 8.19. The number of pyridine rings is 1. The summed E-state index contributed by atoms with van der Waals surface area (Å²) in [6.07, 6.45) is 1.21. The molecule has 0 spiro atoms. The summed E-state index contributed by atoms with van der Waals surface area (Å²) in [5.74, 6) is -0.700. The minimum atomic E-state index is -1.14. The van der Waals surface area contributed by atoms with Crippen LogP contribution < -0.4 is 14.4 Å². The maximum atomic E-state index is 13.7. The predicted molar refractivity (Wildman–Crippen MR) is 124 cm³/mol. The third-order valence-corrected chi connectivity index (χ3v) is 5.46. The van der Waals surface area contributed by atoms with Crippen molar-refractivity contribution in [3.8, 4) is 11.5 Å². The molecular weight excluding hydrogens is 408 g/mol. The molecule has 7 nitrogen and oxygen atoms in total. The third kappa shape index (κ3) is 3.37. The molecular formula is C25H22N2O5. The average molecular weight is 430 g/mol. The highest BCUT2D eigenvalue weighted by Gasteiger charge is 2.23. The molecule has 1 heterocycles. The number of aromatic nitrogens is 1. The van der Waals surface area contributed by atoms with Crippen molar-refractivity contribution in [2.24, 2.45) is 0 Å². The van der Waals surface area contributed by atoms with Gasteiger partial charge in [0.25, 0.3) is 0 Å². The van der Waals surface area contributed by atoms with E-state index >= 15 is 0 Å². The van der Waals surface area contributed by atoms with Gasteiger partial charge >= 0.3 is 5.97 Å². The van der Waals surface area contributed by atoms with Crippen LogP contribution in [0.15, 0.2) is 54.7 Å². The fourth-order valence-corrected chi connectivity index (χ4v) is 3.92. The van der Waals surface area contributed by atoms with Crippen LogP contribution in [0.5, 0.6) is 11.5 Å². The van der Waals surface area contributed by atoms with Crippen molar-refractivity contribution < 1.29 is 24.2 Å². The van der Waals surface area contributed by atoms with Gasteiger partial charge in [0.1, 0.15) is 5.69 Å². The largest absolute Gasteiger partial charge is 0.493 e. The maximum absolute atomic E-state index is 13.7. The van der Waals surface area contributed by atoms with Crippen molar-refractivity contribution in [3.63, 3.8) is 0 Å². The highest BCUT2D eigenvalue weighted by atomic mass is 16.5. The number of aromatic carboxylic acids is 1. The van der Waals surface area contributed by atoms with Crippen LogP contribution in [0.1, 0.15) is 26.4 Å². The van der Waals surface area contributed by atoms with Crippen LogP contribution in [-0.4, -0.2) is 50.2 Å². The number of hydrogen-bond donors (Lipinski definition) is 1. The second-order valence-corrected chi connectivity index (χ2v) is 7.48.